The Morgan fingerprint density at radius 3 is 2.95 bits per heavy atom. The van der Waals surface area contributed by atoms with Gasteiger partial charge in [-0.05, 0) is 24.3 Å². The van der Waals surface area contributed by atoms with Crippen molar-refractivity contribution in [2.24, 2.45) is 0 Å². The molecule has 2 aromatic rings. The van der Waals surface area contributed by atoms with Crippen molar-refractivity contribution in [2.45, 2.75) is 52.2 Å². The summed E-state index contributed by atoms with van der Waals surface area (Å²) in [5, 5.41) is 5.83. The van der Waals surface area contributed by atoms with Crippen LogP contribution in [0.25, 0.3) is 0 Å². The lowest BCUT2D eigenvalue weighted by Gasteiger charge is -2.17. The molecular formula is C15H23N3S. The largest absolute Gasteiger partial charge is 0.333 e. The Labute approximate surface area is 119 Å². The lowest BCUT2D eigenvalue weighted by atomic mass is 10.1. The normalized spacial score (nSPS) is 12.7. The second kappa shape index (κ2) is 7.46. The zero-order chi connectivity index (χ0) is 13.5. The molecule has 0 aliphatic heterocycles. The molecule has 0 spiro atoms. The van der Waals surface area contributed by atoms with Gasteiger partial charge in [0, 0.05) is 30.2 Å². The van der Waals surface area contributed by atoms with Crippen molar-refractivity contribution in [3.05, 3.63) is 40.6 Å². The minimum absolute atomic E-state index is 0.468. The molecule has 0 fully saturated rings. The van der Waals surface area contributed by atoms with Crippen LogP contribution in [0.5, 0.6) is 0 Å². The molecule has 0 bridgehead atoms. The Morgan fingerprint density at radius 2 is 2.26 bits per heavy atom. The number of aromatic nitrogens is 2. The van der Waals surface area contributed by atoms with Crippen molar-refractivity contribution in [3.63, 3.8) is 0 Å². The van der Waals surface area contributed by atoms with E-state index in [1.165, 1.54) is 23.4 Å². The van der Waals surface area contributed by atoms with Crippen molar-refractivity contribution < 1.29 is 0 Å². The second-order valence-electron chi connectivity index (χ2n) is 4.82. The molecule has 1 N–H and O–H groups in total. The van der Waals surface area contributed by atoms with Gasteiger partial charge in [-0.25, -0.2) is 4.98 Å². The Bertz CT molecular complexity index is 461. The number of rotatable bonds is 8. The molecule has 0 saturated heterocycles. The van der Waals surface area contributed by atoms with Crippen LogP contribution in [0.2, 0.25) is 0 Å². The lowest BCUT2D eigenvalue weighted by molar-refractivity contribution is 0.485. The number of hydrogen-bond acceptors (Lipinski definition) is 3. The molecule has 0 saturated carbocycles. The van der Waals surface area contributed by atoms with E-state index in [1.54, 1.807) is 0 Å². The number of thiophene rings is 1. The molecule has 2 rings (SSSR count). The van der Waals surface area contributed by atoms with Gasteiger partial charge in [-0.15, -0.1) is 11.3 Å². The van der Waals surface area contributed by atoms with Crippen molar-refractivity contribution in [2.75, 3.05) is 0 Å². The van der Waals surface area contributed by atoms with Gasteiger partial charge in [0.05, 0.1) is 12.0 Å². The molecule has 0 aliphatic rings. The zero-order valence-electron chi connectivity index (χ0n) is 11.8. The number of nitrogens with one attached hydrogen (secondary N) is 1. The molecule has 19 heavy (non-hydrogen) atoms. The van der Waals surface area contributed by atoms with Gasteiger partial charge in [-0.2, -0.15) is 0 Å². The third-order valence-electron chi connectivity index (χ3n) is 3.26. The first-order valence-electron chi connectivity index (χ1n) is 7.11. The lowest BCUT2D eigenvalue weighted by Crippen LogP contribution is -2.21. The van der Waals surface area contributed by atoms with E-state index in [0.717, 1.165) is 19.5 Å². The number of hydrogen-bond donors (Lipinski definition) is 1. The molecular weight excluding hydrogens is 254 g/mol. The minimum Gasteiger partial charge on any atom is -0.333 e. The fourth-order valence-electron chi connectivity index (χ4n) is 2.29. The summed E-state index contributed by atoms with van der Waals surface area (Å²) in [5.41, 5.74) is 1.28. The van der Waals surface area contributed by atoms with Gasteiger partial charge in [0.25, 0.3) is 0 Å². The van der Waals surface area contributed by atoms with Gasteiger partial charge < -0.3 is 9.88 Å². The second-order valence-corrected chi connectivity index (χ2v) is 5.80. The monoisotopic (exact) mass is 277 g/mol. The highest BCUT2D eigenvalue weighted by Crippen LogP contribution is 2.23. The van der Waals surface area contributed by atoms with Crippen LogP contribution in [-0.2, 0) is 13.1 Å². The van der Waals surface area contributed by atoms with E-state index in [-0.39, 0.29) is 0 Å². The van der Waals surface area contributed by atoms with Crippen LogP contribution >= 0.6 is 11.3 Å². The van der Waals surface area contributed by atoms with Crippen molar-refractivity contribution in [3.8, 4) is 0 Å². The predicted octanol–water partition coefficient (Wildman–Crippen LogP) is 3.99. The zero-order valence-corrected chi connectivity index (χ0v) is 12.6. The van der Waals surface area contributed by atoms with Gasteiger partial charge >= 0.3 is 0 Å². The third-order valence-corrected chi connectivity index (χ3v) is 4.24. The van der Waals surface area contributed by atoms with Crippen LogP contribution < -0.4 is 5.32 Å². The highest BCUT2D eigenvalue weighted by atomic mass is 32.1. The summed E-state index contributed by atoms with van der Waals surface area (Å²) in [6.07, 6.45) is 7.43. The van der Waals surface area contributed by atoms with E-state index in [0.29, 0.717) is 6.04 Å². The van der Waals surface area contributed by atoms with Gasteiger partial charge in [0.1, 0.15) is 0 Å². The quantitative estimate of drug-likeness (QED) is 0.791. The molecule has 3 nitrogen and oxygen atoms in total. The van der Waals surface area contributed by atoms with E-state index in [9.17, 15) is 0 Å². The highest BCUT2D eigenvalue weighted by molar-refractivity contribution is 7.10. The fraction of sp³-hybridized carbons (Fsp3) is 0.533. The summed E-state index contributed by atoms with van der Waals surface area (Å²) in [6, 6.07) is 4.82. The maximum absolute atomic E-state index is 4.25. The van der Waals surface area contributed by atoms with E-state index in [2.05, 4.69) is 46.2 Å². The summed E-state index contributed by atoms with van der Waals surface area (Å²) in [5.74, 6) is 0. The van der Waals surface area contributed by atoms with Crippen LogP contribution in [0.15, 0.2) is 30.0 Å². The number of imidazole rings is 1. The summed E-state index contributed by atoms with van der Waals surface area (Å²) < 4.78 is 2.24. The molecule has 0 aliphatic carbocycles. The van der Waals surface area contributed by atoms with Crippen LogP contribution in [0.1, 0.15) is 49.7 Å². The Hall–Kier alpha value is -1.13. The average Bonchev–Trinajstić information content (AvgIpc) is 3.06. The Morgan fingerprint density at radius 1 is 1.37 bits per heavy atom. The summed E-state index contributed by atoms with van der Waals surface area (Å²) in [6.45, 7) is 6.38. The molecule has 0 aromatic carbocycles. The summed E-state index contributed by atoms with van der Waals surface area (Å²) >= 11 is 1.84. The molecule has 1 unspecified atom stereocenters. The van der Waals surface area contributed by atoms with Gasteiger partial charge in [-0.3, -0.25) is 0 Å². The molecule has 104 valence electrons. The van der Waals surface area contributed by atoms with Crippen LogP contribution in [0, 0.1) is 0 Å². The molecule has 2 aromatic heterocycles. The molecule has 2 heterocycles. The average molecular weight is 277 g/mol. The van der Waals surface area contributed by atoms with Crippen molar-refractivity contribution >= 4 is 11.3 Å². The predicted molar refractivity (Wildman–Crippen MR) is 81.3 cm³/mol. The molecule has 1 atom stereocenters. The highest BCUT2D eigenvalue weighted by Gasteiger charge is 2.12. The van der Waals surface area contributed by atoms with Crippen LogP contribution in [-0.4, -0.2) is 9.55 Å². The number of nitrogens with zero attached hydrogens (tertiary/aromatic N) is 2. The first-order valence-corrected chi connectivity index (χ1v) is 7.98. The smallest absolute Gasteiger partial charge is 0.0948 e. The van der Waals surface area contributed by atoms with E-state index >= 15 is 0 Å². The van der Waals surface area contributed by atoms with Crippen LogP contribution in [0.4, 0.5) is 0 Å². The van der Waals surface area contributed by atoms with Gasteiger partial charge in [-0.1, -0.05) is 26.3 Å². The fourth-order valence-corrected chi connectivity index (χ4v) is 3.13. The minimum atomic E-state index is 0.468. The molecule has 0 amide bonds. The van der Waals surface area contributed by atoms with E-state index in [4.69, 9.17) is 0 Å². The van der Waals surface area contributed by atoms with Gasteiger partial charge in [0.15, 0.2) is 0 Å². The van der Waals surface area contributed by atoms with E-state index < -0.39 is 0 Å². The molecule has 0 radical (unpaired) electrons. The first kappa shape index (κ1) is 14.3. The van der Waals surface area contributed by atoms with E-state index in [1.807, 2.05) is 23.9 Å². The maximum atomic E-state index is 4.25. The standard InChI is InChI=1S/C15H23N3S/c1-3-6-14(15-7-5-9-19-15)17-11-13-10-16-12-18(13)8-4-2/h5,7,9-10,12,14,17H,3-4,6,8,11H2,1-2H3. The Kier molecular flexibility index (Phi) is 5.61. The SMILES string of the molecule is CCCC(NCc1cncn1CCC)c1cccs1. The summed E-state index contributed by atoms with van der Waals surface area (Å²) in [4.78, 5) is 5.69. The van der Waals surface area contributed by atoms with Gasteiger partial charge in [0.2, 0.25) is 0 Å². The van der Waals surface area contributed by atoms with Crippen LogP contribution in [0.3, 0.4) is 0 Å². The first-order chi connectivity index (χ1) is 9.35. The summed E-state index contributed by atoms with van der Waals surface area (Å²) in [7, 11) is 0. The molecule has 4 heteroatoms. The third kappa shape index (κ3) is 3.91. The Balaban J connectivity index is 1.96. The maximum Gasteiger partial charge on any atom is 0.0948 e. The van der Waals surface area contributed by atoms with Crippen molar-refractivity contribution in [1.29, 1.82) is 0 Å². The van der Waals surface area contributed by atoms with Crippen molar-refractivity contribution in [1.82, 2.24) is 14.9 Å². The number of aryl methyl sites for hydroxylation is 1. The topological polar surface area (TPSA) is 29.9 Å².